The molecule has 0 atom stereocenters. The zero-order chi connectivity index (χ0) is 19.6. The number of nitro groups is 1. The smallest absolute Gasteiger partial charge is 0.270 e. The number of benzene rings is 2. The van der Waals surface area contributed by atoms with Gasteiger partial charge in [0.25, 0.3) is 5.69 Å². The van der Waals surface area contributed by atoms with Crippen LogP contribution in [-0.4, -0.2) is 32.5 Å². The van der Waals surface area contributed by atoms with Gasteiger partial charge in [0.2, 0.25) is 10.0 Å². The number of halogens is 1. The van der Waals surface area contributed by atoms with E-state index in [1.54, 1.807) is 18.2 Å². The predicted molar refractivity (Wildman–Crippen MR) is 99.7 cm³/mol. The highest BCUT2D eigenvalue weighted by atomic mass is 32.2. The highest BCUT2D eigenvalue weighted by Gasteiger charge is 2.26. The molecule has 0 unspecified atom stereocenters. The lowest BCUT2D eigenvalue weighted by Gasteiger charge is -2.35. The fourth-order valence-corrected chi connectivity index (χ4v) is 3.94. The molecule has 2 aromatic rings. The molecule has 2 aromatic carbocycles. The van der Waals surface area contributed by atoms with Gasteiger partial charge < -0.3 is 10.2 Å². The number of rotatable bonds is 5. The van der Waals surface area contributed by atoms with Gasteiger partial charge in [-0.05, 0) is 31.0 Å². The Morgan fingerprint density at radius 3 is 2.44 bits per heavy atom. The van der Waals surface area contributed by atoms with Crippen molar-refractivity contribution < 1.29 is 17.7 Å². The molecule has 0 bridgehead atoms. The van der Waals surface area contributed by atoms with E-state index in [9.17, 15) is 22.9 Å². The number of para-hydroxylation sites is 1. The van der Waals surface area contributed by atoms with Crippen LogP contribution in [0, 0.1) is 15.9 Å². The number of piperidine rings is 1. The van der Waals surface area contributed by atoms with Crippen LogP contribution in [0.5, 0.6) is 0 Å². The molecule has 144 valence electrons. The van der Waals surface area contributed by atoms with Crippen LogP contribution in [0.4, 0.5) is 21.5 Å². The molecule has 1 heterocycles. The molecule has 1 fully saturated rings. The average Bonchev–Trinajstić information content (AvgIpc) is 2.63. The zero-order valence-electron chi connectivity index (χ0n) is 14.3. The second-order valence-electron chi connectivity index (χ2n) is 6.34. The molecule has 27 heavy (non-hydrogen) atoms. The number of sulfonamides is 1. The Kier molecular flexibility index (Phi) is 5.29. The summed E-state index contributed by atoms with van der Waals surface area (Å²) in [6.07, 6.45) is 1.30. The minimum atomic E-state index is -4.12. The summed E-state index contributed by atoms with van der Waals surface area (Å²) in [6.45, 7) is 1.01. The molecule has 0 saturated carbocycles. The standard InChI is InChI=1S/C17H19FN4O4S/c18-14-3-1-2-4-15(14)20-12-7-9-21(10-8-12)16-6-5-13(22(23)24)11-17(16)27(19,25)26/h1-6,11-12,20H,7-10H2,(H2,19,25,26). The van der Waals surface area contributed by atoms with Crippen molar-refractivity contribution in [3.05, 3.63) is 58.4 Å². The van der Waals surface area contributed by atoms with Crippen LogP contribution in [-0.2, 0) is 10.0 Å². The first kappa shape index (κ1) is 19.1. The van der Waals surface area contributed by atoms with Crippen LogP contribution in [0.2, 0.25) is 0 Å². The molecule has 1 aliphatic heterocycles. The van der Waals surface area contributed by atoms with Gasteiger partial charge in [0, 0.05) is 31.3 Å². The van der Waals surface area contributed by atoms with E-state index in [2.05, 4.69) is 5.32 Å². The quantitative estimate of drug-likeness (QED) is 0.594. The summed E-state index contributed by atoms with van der Waals surface area (Å²) >= 11 is 0. The summed E-state index contributed by atoms with van der Waals surface area (Å²) in [4.78, 5) is 11.8. The third-order valence-corrected chi connectivity index (χ3v) is 5.47. The maximum atomic E-state index is 13.8. The molecule has 0 aromatic heterocycles. The third kappa shape index (κ3) is 4.34. The highest BCUT2D eigenvalue weighted by Crippen LogP contribution is 2.31. The van der Waals surface area contributed by atoms with Crippen molar-refractivity contribution in [2.75, 3.05) is 23.3 Å². The largest absolute Gasteiger partial charge is 0.380 e. The highest BCUT2D eigenvalue weighted by molar-refractivity contribution is 7.89. The first-order chi connectivity index (χ1) is 12.8. The number of nitrogens with one attached hydrogen (secondary N) is 1. The van der Waals surface area contributed by atoms with Gasteiger partial charge in [-0.15, -0.1) is 0 Å². The van der Waals surface area contributed by atoms with Gasteiger partial charge in [-0.3, -0.25) is 10.1 Å². The summed E-state index contributed by atoms with van der Waals surface area (Å²) in [5, 5.41) is 19.3. The summed E-state index contributed by atoms with van der Waals surface area (Å²) in [5.74, 6) is -0.327. The Hall–Kier alpha value is -2.72. The SMILES string of the molecule is NS(=O)(=O)c1cc([N+](=O)[O-])ccc1N1CCC(Nc2ccccc2F)CC1. The molecule has 1 aliphatic rings. The molecule has 8 nitrogen and oxygen atoms in total. The number of non-ortho nitro benzene ring substituents is 1. The maximum Gasteiger partial charge on any atom is 0.270 e. The number of nitro benzene ring substituents is 1. The topological polar surface area (TPSA) is 119 Å². The van der Waals surface area contributed by atoms with Crippen molar-refractivity contribution in [1.82, 2.24) is 0 Å². The lowest BCUT2D eigenvalue weighted by atomic mass is 10.0. The summed E-state index contributed by atoms with van der Waals surface area (Å²) in [6, 6.07) is 10.1. The zero-order valence-corrected chi connectivity index (χ0v) is 15.2. The number of anilines is 2. The fourth-order valence-electron chi connectivity index (χ4n) is 3.17. The van der Waals surface area contributed by atoms with E-state index in [1.165, 1.54) is 18.2 Å². The van der Waals surface area contributed by atoms with Gasteiger partial charge in [-0.1, -0.05) is 12.1 Å². The Morgan fingerprint density at radius 1 is 1.19 bits per heavy atom. The number of hydrogen-bond acceptors (Lipinski definition) is 6. The van der Waals surface area contributed by atoms with E-state index >= 15 is 0 Å². The molecule has 0 spiro atoms. The first-order valence-electron chi connectivity index (χ1n) is 8.33. The molecule has 3 N–H and O–H groups in total. The van der Waals surface area contributed by atoms with Crippen LogP contribution in [0.15, 0.2) is 47.4 Å². The third-order valence-electron chi connectivity index (χ3n) is 4.53. The molecular weight excluding hydrogens is 375 g/mol. The molecule has 0 amide bonds. The van der Waals surface area contributed by atoms with Gasteiger partial charge in [0.15, 0.2) is 0 Å². The van der Waals surface area contributed by atoms with Crippen molar-refractivity contribution in [1.29, 1.82) is 0 Å². The maximum absolute atomic E-state index is 13.8. The van der Waals surface area contributed by atoms with Crippen molar-refractivity contribution in [2.24, 2.45) is 5.14 Å². The lowest BCUT2D eigenvalue weighted by Crippen LogP contribution is -2.40. The average molecular weight is 394 g/mol. The number of nitrogens with zero attached hydrogens (tertiary/aromatic N) is 2. The number of primary sulfonamides is 1. The molecule has 1 saturated heterocycles. The van der Waals surface area contributed by atoms with Gasteiger partial charge >= 0.3 is 0 Å². The van der Waals surface area contributed by atoms with Crippen LogP contribution in [0.1, 0.15) is 12.8 Å². The van der Waals surface area contributed by atoms with E-state index < -0.39 is 14.9 Å². The van der Waals surface area contributed by atoms with Crippen molar-refractivity contribution in [2.45, 2.75) is 23.8 Å². The Morgan fingerprint density at radius 2 is 1.85 bits per heavy atom. The van der Waals surface area contributed by atoms with Crippen LogP contribution >= 0.6 is 0 Å². The van der Waals surface area contributed by atoms with Crippen LogP contribution < -0.4 is 15.4 Å². The van der Waals surface area contributed by atoms with Crippen molar-refractivity contribution in [3.63, 3.8) is 0 Å². The van der Waals surface area contributed by atoms with E-state index in [1.807, 2.05) is 4.90 Å². The second kappa shape index (κ2) is 7.49. The number of hydrogen-bond donors (Lipinski definition) is 2. The normalized spacial score (nSPS) is 15.6. The fraction of sp³-hybridized carbons (Fsp3) is 0.294. The summed E-state index contributed by atoms with van der Waals surface area (Å²) < 4.78 is 37.5. The Bertz CT molecular complexity index is 959. The molecule has 0 radical (unpaired) electrons. The molecule has 10 heteroatoms. The monoisotopic (exact) mass is 394 g/mol. The minimum Gasteiger partial charge on any atom is -0.380 e. The summed E-state index contributed by atoms with van der Waals surface area (Å²) in [5.41, 5.74) is 0.433. The molecule has 0 aliphatic carbocycles. The van der Waals surface area contributed by atoms with Crippen LogP contribution in [0.3, 0.4) is 0 Å². The van der Waals surface area contributed by atoms with Crippen molar-refractivity contribution in [3.8, 4) is 0 Å². The van der Waals surface area contributed by atoms with Crippen LogP contribution in [0.25, 0.3) is 0 Å². The molecular formula is C17H19FN4O4S. The molecule has 3 rings (SSSR count). The second-order valence-corrected chi connectivity index (χ2v) is 7.87. The van der Waals surface area contributed by atoms with Gasteiger partial charge in [-0.25, -0.2) is 17.9 Å². The van der Waals surface area contributed by atoms with Gasteiger partial charge in [0.1, 0.15) is 10.7 Å². The van der Waals surface area contributed by atoms with Gasteiger partial charge in [0.05, 0.1) is 16.3 Å². The minimum absolute atomic E-state index is 0.0362. The van der Waals surface area contributed by atoms with E-state index in [0.717, 1.165) is 6.07 Å². The van der Waals surface area contributed by atoms with E-state index in [4.69, 9.17) is 5.14 Å². The van der Waals surface area contributed by atoms with Gasteiger partial charge in [-0.2, -0.15) is 0 Å². The van der Waals surface area contributed by atoms with E-state index in [-0.39, 0.29) is 22.4 Å². The first-order valence-corrected chi connectivity index (χ1v) is 9.87. The lowest BCUT2D eigenvalue weighted by molar-refractivity contribution is -0.385. The number of nitrogens with two attached hydrogens (primary N) is 1. The van der Waals surface area contributed by atoms with Crippen molar-refractivity contribution >= 4 is 27.1 Å². The summed E-state index contributed by atoms with van der Waals surface area (Å²) in [7, 11) is -4.12. The Balaban J connectivity index is 1.76. The van der Waals surface area contributed by atoms with E-state index in [0.29, 0.717) is 37.3 Å². The Labute approximate surface area is 156 Å². The predicted octanol–water partition coefficient (Wildman–Crippen LogP) is 2.46.